The molecule has 0 bridgehead atoms. The van der Waals surface area contributed by atoms with Crippen LogP contribution in [0.5, 0.6) is 0 Å². The van der Waals surface area contributed by atoms with E-state index in [0.717, 1.165) is 22.3 Å². The fourth-order valence-corrected chi connectivity index (χ4v) is 8.25. The van der Waals surface area contributed by atoms with Crippen LogP contribution in [0.1, 0.15) is 27.8 Å². The molecule has 0 saturated carbocycles. The minimum absolute atomic E-state index is 0.839. The Morgan fingerprint density at radius 3 is 1.56 bits per heavy atom. The van der Waals surface area contributed by atoms with Crippen LogP contribution in [0.15, 0.2) is 121 Å². The second kappa shape index (κ2) is 10.1. The van der Waals surface area contributed by atoms with Crippen LogP contribution in [0.25, 0.3) is 11.1 Å². The number of hydrogen-bond acceptors (Lipinski definition) is 1. The van der Waals surface area contributed by atoms with Crippen LogP contribution >= 0.6 is 7.14 Å². The second-order valence-electron chi connectivity index (χ2n) is 9.58. The standard InChI is InChI=1S/C25H19OP.C9H12/c26-27(20-11-3-1-4-12-20,21-13-5-2-6-14-21)25-17-9-16-23-22-15-8-7-10-19(22)18-24(23)25;1-7-4-8(2)6-9(3)5-7/h1-17H,18H2;4-6H,1-3H3. The summed E-state index contributed by atoms with van der Waals surface area (Å²) in [6, 6.07) is 41.2. The van der Waals surface area contributed by atoms with Crippen molar-refractivity contribution in [2.45, 2.75) is 27.2 Å². The Balaban J connectivity index is 0.000000252. The molecule has 0 aliphatic heterocycles. The van der Waals surface area contributed by atoms with Crippen molar-refractivity contribution in [2.24, 2.45) is 0 Å². The first-order valence-electron chi connectivity index (χ1n) is 12.4. The van der Waals surface area contributed by atoms with Crippen LogP contribution in [0.3, 0.4) is 0 Å². The average molecular weight is 487 g/mol. The van der Waals surface area contributed by atoms with Crippen molar-refractivity contribution in [3.63, 3.8) is 0 Å². The fraction of sp³-hybridized carbons (Fsp3) is 0.118. The van der Waals surface area contributed by atoms with Crippen LogP contribution in [-0.2, 0) is 11.0 Å². The summed E-state index contributed by atoms with van der Waals surface area (Å²) in [5.41, 5.74) is 9.06. The van der Waals surface area contributed by atoms with Crippen molar-refractivity contribution in [2.75, 3.05) is 0 Å². The third kappa shape index (κ3) is 4.60. The molecule has 2 heteroatoms. The van der Waals surface area contributed by atoms with E-state index in [1.807, 2.05) is 60.7 Å². The van der Waals surface area contributed by atoms with E-state index in [4.69, 9.17) is 0 Å². The van der Waals surface area contributed by atoms with E-state index >= 15 is 0 Å². The Morgan fingerprint density at radius 2 is 1.00 bits per heavy atom. The normalized spacial score (nSPS) is 11.8. The van der Waals surface area contributed by atoms with Gasteiger partial charge in [0.15, 0.2) is 7.14 Å². The fourth-order valence-electron chi connectivity index (χ4n) is 5.34. The van der Waals surface area contributed by atoms with Crippen LogP contribution < -0.4 is 15.9 Å². The van der Waals surface area contributed by atoms with Crippen molar-refractivity contribution in [3.8, 4) is 11.1 Å². The Morgan fingerprint density at radius 1 is 0.528 bits per heavy atom. The van der Waals surface area contributed by atoms with Gasteiger partial charge in [-0.3, -0.25) is 0 Å². The lowest BCUT2D eigenvalue weighted by Crippen LogP contribution is -2.27. The van der Waals surface area contributed by atoms with E-state index < -0.39 is 7.14 Å². The highest BCUT2D eigenvalue weighted by Gasteiger charge is 2.34. The molecule has 0 saturated heterocycles. The van der Waals surface area contributed by atoms with Gasteiger partial charge in [0.2, 0.25) is 0 Å². The summed E-state index contributed by atoms with van der Waals surface area (Å²) >= 11 is 0. The summed E-state index contributed by atoms with van der Waals surface area (Å²) in [4.78, 5) is 0. The van der Waals surface area contributed by atoms with Gasteiger partial charge in [-0.1, -0.05) is 138 Å². The lowest BCUT2D eigenvalue weighted by molar-refractivity contribution is 0.592. The molecule has 0 aromatic heterocycles. The van der Waals surface area contributed by atoms with Crippen molar-refractivity contribution < 1.29 is 4.57 Å². The molecule has 6 rings (SSSR count). The van der Waals surface area contributed by atoms with Gasteiger partial charge < -0.3 is 4.57 Å². The van der Waals surface area contributed by atoms with Gasteiger partial charge in [0.1, 0.15) is 0 Å². The third-order valence-electron chi connectivity index (χ3n) is 6.77. The zero-order valence-corrected chi connectivity index (χ0v) is 22.0. The molecule has 0 fully saturated rings. The van der Waals surface area contributed by atoms with Gasteiger partial charge in [-0.15, -0.1) is 0 Å². The molecular formula is C34H31OP. The summed E-state index contributed by atoms with van der Waals surface area (Å²) < 4.78 is 14.7. The molecular weight excluding hydrogens is 455 g/mol. The summed E-state index contributed by atoms with van der Waals surface area (Å²) in [6.45, 7) is 6.38. The predicted molar refractivity (Wildman–Crippen MR) is 155 cm³/mol. The maximum atomic E-state index is 14.7. The Labute approximate surface area is 214 Å². The number of rotatable bonds is 3. The molecule has 0 amide bonds. The van der Waals surface area contributed by atoms with Crippen LogP contribution in [0.4, 0.5) is 0 Å². The highest BCUT2D eigenvalue weighted by molar-refractivity contribution is 7.85. The van der Waals surface area contributed by atoms with E-state index in [-0.39, 0.29) is 0 Å². The van der Waals surface area contributed by atoms with Crippen LogP contribution in [0.2, 0.25) is 0 Å². The first-order valence-corrected chi connectivity index (χ1v) is 14.1. The molecule has 1 nitrogen and oxygen atoms in total. The van der Waals surface area contributed by atoms with Gasteiger partial charge in [0, 0.05) is 15.9 Å². The van der Waals surface area contributed by atoms with Gasteiger partial charge in [0.05, 0.1) is 0 Å². The minimum Gasteiger partial charge on any atom is -0.309 e. The van der Waals surface area contributed by atoms with Crippen LogP contribution in [-0.4, -0.2) is 0 Å². The van der Waals surface area contributed by atoms with E-state index in [2.05, 4.69) is 81.4 Å². The third-order valence-corrected chi connectivity index (χ3v) is 9.92. The van der Waals surface area contributed by atoms with Gasteiger partial charge in [-0.05, 0) is 49.4 Å². The zero-order valence-electron chi connectivity index (χ0n) is 21.1. The molecule has 0 unspecified atom stereocenters. The topological polar surface area (TPSA) is 17.1 Å². The molecule has 0 heterocycles. The van der Waals surface area contributed by atoms with Crippen molar-refractivity contribution in [1.29, 1.82) is 0 Å². The van der Waals surface area contributed by atoms with Crippen molar-refractivity contribution >= 4 is 23.1 Å². The lowest BCUT2D eigenvalue weighted by atomic mass is 10.1. The molecule has 36 heavy (non-hydrogen) atoms. The number of aryl methyl sites for hydroxylation is 3. The first kappa shape index (κ1) is 24.0. The van der Waals surface area contributed by atoms with E-state index in [9.17, 15) is 4.57 Å². The highest BCUT2D eigenvalue weighted by Crippen LogP contribution is 2.47. The molecule has 5 aromatic carbocycles. The van der Waals surface area contributed by atoms with Gasteiger partial charge in [-0.2, -0.15) is 0 Å². The summed E-state index contributed by atoms with van der Waals surface area (Å²) in [5, 5.41) is 2.75. The first-order chi connectivity index (χ1) is 17.5. The Kier molecular flexibility index (Phi) is 6.77. The number of benzene rings is 5. The van der Waals surface area contributed by atoms with E-state index in [0.29, 0.717) is 0 Å². The molecule has 1 aliphatic rings. The number of fused-ring (bicyclic) bond motifs is 3. The van der Waals surface area contributed by atoms with Gasteiger partial charge in [0.25, 0.3) is 0 Å². The maximum Gasteiger partial charge on any atom is 0.171 e. The van der Waals surface area contributed by atoms with Gasteiger partial charge >= 0.3 is 0 Å². The molecule has 5 aromatic rings. The summed E-state index contributed by atoms with van der Waals surface area (Å²) in [7, 11) is -2.95. The quantitative estimate of drug-likeness (QED) is 0.237. The molecule has 0 radical (unpaired) electrons. The van der Waals surface area contributed by atoms with Crippen LogP contribution in [0, 0.1) is 20.8 Å². The smallest absolute Gasteiger partial charge is 0.171 e. The molecule has 0 N–H and O–H groups in total. The number of hydrogen-bond donors (Lipinski definition) is 0. The average Bonchev–Trinajstić information content (AvgIpc) is 3.28. The minimum atomic E-state index is -2.95. The molecule has 1 aliphatic carbocycles. The highest BCUT2D eigenvalue weighted by atomic mass is 31.2. The molecule has 178 valence electrons. The maximum absolute atomic E-state index is 14.7. The monoisotopic (exact) mass is 486 g/mol. The Hall–Kier alpha value is -3.67. The Bertz CT molecular complexity index is 1460. The van der Waals surface area contributed by atoms with Gasteiger partial charge in [-0.25, -0.2) is 0 Å². The second-order valence-corrected chi connectivity index (χ2v) is 12.3. The predicted octanol–water partition coefficient (Wildman–Crippen LogP) is 7.51. The summed E-state index contributed by atoms with van der Waals surface area (Å²) in [6.07, 6.45) is 0.839. The van der Waals surface area contributed by atoms with E-state index in [1.165, 1.54) is 38.9 Å². The van der Waals surface area contributed by atoms with Crippen molar-refractivity contribution in [3.05, 3.63) is 149 Å². The SMILES string of the molecule is Cc1cc(C)cc(C)c1.O=P(c1ccccc1)(c1ccccc1)c1cccc2c1Cc1ccccc1-2. The molecule has 0 atom stereocenters. The lowest BCUT2D eigenvalue weighted by Gasteiger charge is -2.22. The molecule has 0 spiro atoms. The van der Waals surface area contributed by atoms with Crippen molar-refractivity contribution in [1.82, 2.24) is 0 Å². The van der Waals surface area contributed by atoms with E-state index in [1.54, 1.807) is 0 Å². The zero-order chi connectivity index (χ0) is 25.1. The summed E-state index contributed by atoms with van der Waals surface area (Å²) in [5.74, 6) is 0. The largest absolute Gasteiger partial charge is 0.309 e.